The van der Waals surface area contributed by atoms with E-state index in [1.54, 1.807) is 19.9 Å². The van der Waals surface area contributed by atoms with Crippen molar-refractivity contribution in [2.75, 3.05) is 4.90 Å². The number of hydrogen-bond donors (Lipinski definition) is 0. The Hall–Kier alpha value is -2.22. The van der Waals surface area contributed by atoms with Gasteiger partial charge in [0.15, 0.2) is 0 Å². The van der Waals surface area contributed by atoms with Crippen LogP contribution >= 0.6 is 0 Å². The Bertz CT molecular complexity index is 557. The number of carbonyl (C=O) groups is 2. The van der Waals surface area contributed by atoms with Crippen molar-refractivity contribution in [3.63, 3.8) is 0 Å². The number of halogens is 1. The Labute approximate surface area is 104 Å². The van der Waals surface area contributed by atoms with Crippen LogP contribution in [0, 0.1) is 29.0 Å². The first-order chi connectivity index (χ1) is 8.47. The molecule has 5 heteroatoms. The van der Waals surface area contributed by atoms with Crippen molar-refractivity contribution < 1.29 is 14.0 Å². The van der Waals surface area contributed by atoms with Crippen LogP contribution in [-0.2, 0) is 9.59 Å². The van der Waals surface area contributed by atoms with Gasteiger partial charge in [0, 0.05) is 11.8 Å². The quantitative estimate of drug-likeness (QED) is 0.710. The second-order valence-electron chi connectivity index (χ2n) is 4.36. The predicted octanol–water partition coefficient (Wildman–Crippen LogP) is 1.84. The number of imide groups is 1. The number of anilines is 1. The van der Waals surface area contributed by atoms with E-state index in [0.29, 0.717) is 0 Å². The van der Waals surface area contributed by atoms with Crippen LogP contribution in [0.3, 0.4) is 0 Å². The molecule has 1 heterocycles. The van der Waals surface area contributed by atoms with Crippen molar-refractivity contribution >= 4 is 17.5 Å². The van der Waals surface area contributed by atoms with E-state index in [-0.39, 0.29) is 23.1 Å². The molecule has 92 valence electrons. The molecule has 4 nitrogen and oxygen atoms in total. The molecule has 0 spiro atoms. The first-order valence-corrected chi connectivity index (χ1v) is 5.55. The maximum absolute atomic E-state index is 13.0. The molecule has 0 N–H and O–H groups in total. The normalized spacial score (nSPS) is 23.3. The molecule has 2 amide bonds. The maximum Gasteiger partial charge on any atom is 0.237 e. The summed E-state index contributed by atoms with van der Waals surface area (Å²) in [4.78, 5) is 24.9. The van der Waals surface area contributed by atoms with Gasteiger partial charge in [-0.15, -0.1) is 0 Å². The molecular weight excluding hydrogens is 235 g/mol. The summed E-state index contributed by atoms with van der Waals surface area (Å²) in [6, 6.07) is 5.23. The summed E-state index contributed by atoms with van der Waals surface area (Å²) >= 11 is 0. The number of amides is 2. The topological polar surface area (TPSA) is 61.2 Å². The summed E-state index contributed by atoms with van der Waals surface area (Å²) in [5, 5.41) is 8.94. The summed E-state index contributed by atoms with van der Waals surface area (Å²) in [6.45, 7) is 3.33. The molecule has 1 aromatic rings. The van der Waals surface area contributed by atoms with E-state index in [0.717, 1.165) is 17.0 Å². The van der Waals surface area contributed by atoms with E-state index in [9.17, 15) is 14.0 Å². The van der Waals surface area contributed by atoms with Crippen LogP contribution in [-0.4, -0.2) is 11.8 Å². The lowest BCUT2D eigenvalue weighted by molar-refractivity contribution is -0.122. The van der Waals surface area contributed by atoms with Gasteiger partial charge in [-0.25, -0.2) is 9.29 Å². The second-order valence-corrected chi connectivity index (χ2v) is 4.36. The molecule has 0 aliphatic carbocycles. The molecule has 1 aliphatic rings. The average molecular weight is 246 g/mol. The van der Waals surface area contributed by atoms with Crippen molar-refractivity contribution in [1.82, 2.24) is 0 Å². The van der Waals surface area contributed by atoms with Gasteiger partial charge in [0.25, 0.3) is 0 Å². The Balaban J connectivity index is 2.54. The first-order valence-electron chi connectivity index (χ1n) is 5.55. The number of rotatable bonds is 1. The van der Waals surface area contributed by atoms with Gasteiger partial charge < -0.3 is 0 Å². The molecule has 1 saturated heterocycles. The molecule has 1 aromatic carbocycles. The van der Waals surface area contributed by atoms with E-state index in [4.69, 9.17) is 5.26 Å². The highest BCUT2D eigenvalue weighted by atomic mass is 19.1. The molecule has 1 fully saturated rings. The lowest BCUT2D eigenvalue weighted by Crippen LogP contribution is -2.31. The summed E-state index contributed by atoms with van der Waals surface area (Å²) in [5.41, 5.74) is 0.142. The number of nitrogens with zero attached hydrogens (tertiary/aromatic N) is 2. The summed E-state index contributed by atoms with van der Waals surface area (Å²) in [5.74, 6) is -2.12. The van der Waals surface area contributed by atoms with Crippen molar-refractivity contribution in [2.45, 2.75) is 13.8 Å². The third kappa shape index (κ3) is 1.66. The molecule has 1 aliphatic heterocycles. The largest absolute Gasteiger partial charge is 0.274 e. The Morgan fingerprint density at radius 2 is 1.78 bits per heavy atom. The van der Waals surface area contributed by atoms with Crippen LogP contribution in [0.2, 0.25) is 0 Å². The summed E-state index contributed by atoms with van der Waals surface area (Å²) in [6.07, 6.45) is 0. The molecule has 2 rings (SSSR count). The highest BCUT2D eigenvalue weighted by molar-refractivity contribution is 6.22. The molecule has 18 heavy (non-hydrogen) atoms. The van der Waals surface area contributed by atoms with Crippen LogP contribution in [0.25, 0.3) is 0 Å². The zero-order valence-corrected chi connectivity index (χ0v) is 9.98. The molecule has 2 unspecified atom stereocenters. The van der Waals surface area contributed by atoms with Gasteiger partial charge in [-0.3, -0.25) is 9.59 Å². The first kappa shape index (κ1) is 12.2. The van der Waals surface area contributed by atoms with Crippen LogP contribution in [0.15, 0.2) is 18.2 Å². The number of hydrogen-bond acceptors (Lipinski definition) is 3. The van der Waals surface area contributed by atoms with Gasteiger partial charge in [0.05, 0.1) is 11.3 Å². The molecule has 0 aromatic heterocycles. The average Bonchev–Trinajstić information content (AvgIpc) is 2.55. The fraction of sp³-hybridized carbons (Fsp3) is 0.308. The van der Waals surface area contributed by atoms with E-state index in [1.165, 1.54) is 6.07 Å². The van der Waals surface area contributed by atoms with Gasteiger partial charge in [-0.05, 0) is 18.2 Å². The summed E-state index contributed by atoms with van der Waals surface area (Å²) < 4.78 is 13.0. The van der Waals surface area contributed by atoms with Crippen molar-refractivity contribution in [3.8, 4) is 6.07 Å². The minimum atomic E-state index is -0.574. The van der Waals surface area contributed by atoms with E-state index in [2.05, 4.69) is 0 Å². The fourth-order valence-corrected chi connectivity index (χ4v) is 1.97. The van der Waals surface area contributed by atoms with Gasteiger partial charge >= 0.3 is 0 Å². The van der Waals surface area contributed by atoms with Crippen LogP contribution < -0.4 is 4.90 Å². The lowest BCUT2D eigenvalue weighted by Gasteiger charge is -2.15. The van der Waals surface area contributed by atoms with Gasteiger partial charge in [0.1, 0.15) is 11.9 Å². The van der Waals surface area contributed by atoms with E-state index in [1.807, 2.05) is 0 Å². The fourth-order valence-electron chi connectivity index (χ4n) is 1.97. The third-order valence-corrected chi connectivity index (χ3v) is 3.29. The summed E-state index contributed by atoms with van der Waals surface area (Å²) in [7, 11) is 0. The Morgan fingerprint density at radius 1 is 1.22 bits per heavy atom. The van der Waals surface area contributed by atoms with Crippen molar-refractivity contribution in [3.05, 3.63) is 29.6 Å². The predicted molar refractivity (Wildman–Crippen MR) is 61.9 cm³/mol. The highest BCUT2D eigenvalue weighted by Gasteiger charge is 2.43. The lowest BCUT2D eigenvalue weighted by atomic mass is 10.00. The third-order valence-electron chi connectivity index (χ3n) is 3.29. The molecule has 2 atom stereocenters. The molecule has 0 saturated carbocycles. The van der Waals surface area contributed by atoms with Crippen LogP contribution in [0.5, 0.6) is 0 Å². The Morgan fingerprint density at radius 3 is 2.28 bits per heavy atom. The number of benzene rings is 1. The van der Waals surface area contributed by atoms with Gasteiger partial charge in [-0.2, -0.15) is 5.26 Å². The highest BCUT2D eigenvalue weighted by Crippen LogP contribution is 2.32. The minimum Gasteiger partial charge on any atom is -0.274 e. The van der Waals surface area contributed by atoms with Gasteiger partial charge in [-0.1, -0.05) is 13.8 Å². The molecular formula is C13H11FN2O2. The number of carbonyl (C=O) groups excluding carboxylic acids is 2. The van der Waals surface area contributed by atoms with E-state index >= 15 is 0 Å². The van der Waals surface area contributed by atoms with Crippen molar-refractivity contribution in [1.29, 1.82) is 5.26 Å². The minimum absolute atomic E-state index is 0.0157. The molecule has 0 radical (unpaired) electrons. The van der Waals surface area contributed by atoms with E-state index < -0.39 is 17.7 Å². The maximum atomic E-state index is 13.0. The van der Waals surface area contributed by atoms with Crippen LogP contribution in [0.1, 0.15) is 19.4 Å². The van der Waals surface area contributed by atoms with Crippen molar-refractivity contribution in [2.24, 2.45) is 11.8 Å². The Kier molecular flexibility index (Phi) is 2.87. The number of nitriles is 1. The monoisotopic (exact) mass is 246 g/mol. The SMILES string of the molecule is CC1C(=O)N(c2ccc(F)cc2C#N)C(=O)C1C. The molecule has 0 bridgehead atoms. The smallest absolute Gasteiger partial charge is 0.237 e. The standard InChI is InChI=1S/C13H11FN2O2/c1-7-8(2)13(18)16(12(7)17)11-4-3-10(14)5-9(11)6-15/h3-5,7-8H,1-2H3. The van der Waals surface area contributed by atoms with Gasteiger partial charge in [0.2, 0.25) is 11.8 Å². The zero-order chi connectivity index (χ0) is 13.4. The van der Waals surface area contributed by atoms with Crippen LogP contribution in [0.4, 0.5) is 10.1 Å². The second kappa shape index (κ2) is 4.22. The zero-order valence-electron chi connectivity index (χ0n) is 9.98.